The number of rotatable bonds is 10. The van der Waals surface area contributed by atoms with Gasteiger partial charge in [-0.2, -0.15) is 0 Å². The van der Waals surface area contributed by atoms with Crippen LogP contribution < -0.4 is 4.74 Å². The Hall–Kier alpha value is -3.16. The molecule has 1 atom stereocenters. The lowest BCUT2D eigenvalue weighted by Gasteiger charge is -2.25. The van der Waals surface area contributed by atoms with Crippen LogP contribution in [0.3, 0.4) is 0 Å². The third-order valence-corrected chi connectivity index (χ3v) is 5.39. The molecule has 0 bridgehead atoms. The Labute approximate surface area is 187 Å². The second kappa shape index (κ2) is 10.9. The molecular weight excluding hydrogens is 410 g/mol. The summed E-state index contributed by atoms with van der Waals surface area (Å²) >= 11 is 0. The van der Waals surface area contributed by atoms with E-state index in [1.165, 1.54) is 4.90 Å². The van der Waals surface area contributed by atoms with Crippen LogP contribution in [0.2, 0.25) is 0 Å². The van der Waals surface area contributed by atoms with E-state index in [1.54, 1.807) is 24.3 Å². The number of ketones is 1. The van der Waals surface area contributed by atoms with Gasteiger partial charge in [-0.15, -0.1) is 0 Å². The number of benzene rings is 2. The smallest absolute Gasteiger partial charge is 0.295 e. The normalized spacial score (nSPS) is 17.7. The molecule has 3 rings (SSSR count). The molecule has 1 aliphatic rings. The molecule has 0 unspecified atom stereocenters. The van der Waals surface area contributed by atoms with Gasteiger partial charge in [-0.3, -0.25) is 9.59 Å². The maximum absolute atomic E-state index is 13.0. The van der Waals surface area contributed by atoms with Crippen molar-refractivity contribution in [2.45, 2.75) is 26.3 Å². The van der Waals surface area contributed by atoms with E-state index in [9.17, 15) is 14.7 Å². The van der Waals surface area contributed by atoms with Crippen molar-refractivity contribution >= 4 is 17.4 Å². The molecule has 1 heterocycles. The Kier molecular flexibility index (Phi) is 8.03. The predicted octanol–water partition coefficient (Wildman–Crippen LogP) is 3.08. The van der Waals surface area contributed by atoms with Crippen LogP contribution in [0.25, 0.3) is 5.76 Å². The summed E-state index contributed by atoms with van der Waals surface area (Å²) in [6.45, 7) is 4.78. The molecule has 0 spiro atoms. The second-order valence-corrected chi connectivity index (χ2v) is 7.38. The Morgan fingerprint density at radius 3 is 2.28 bits per heavy atom. The molecule has 1 aliphatic heterocycles. The van der Waals surface area contributed by atoms with Gasteiger partial charge in [0.15, 0.2) is 0 Å². The monoisotopic (exact) mass is 439 g/mol. The highest BCUT2D eigenvalue weighted by molar-refractivity contribution is 6.46. The van der Waals surface area contributed by atoms with E-state index in [-0.39, 0.29) is 37.7 Å². The fourth-order valence-corrected chi connectivity index (χ4v) is 3.75. The van der Waals surface area contributed by atoms with Crippen molar-refractivity contribution in [3.8, 4) is 5.75 Å². The first-order valence-corrected chi connectivity index (χ1v) is 10.8. The van der Waals surface area contributed by atoms with Crippen LogP contribution in [-0.4, -0.2) is 59.8 Å². The topological polar surface area (TPSA) is 96.3 Å². The Balaban J connectivity index is 2.02. The summed E-state index contributed by atoms with van der Waals surface area (Å²) in [5.74, 6) is -0.996. The highest BCUT2D eigenvalue weighted by Crippen LogP contribution is 2.39. The van der Waals surface area contributed by atoms with Crippen molar-refractivity contribution in [1.82, 2.24) is 4.90 Å². The number of aliphatic hydroxyl groups is 2. The maximum atomic E-state index is 13.0. The summed E-state index contributed by atoms with van der Waals surface area (Å²) in [6.07, 6.45) is 0.863. The van der Waals surface area contributed by atoms with Gasteiger partial charge >= 0.3 is 0 Å². The molecule has 0 radical (unpaired) electrons. The number of hydrogen-bond acceptors (Lipinski definition) is 6. The number of nitrogens with zero attached hydrogens (tertiary/aromatic N) is 1. The van der Waals surface area contributed by atoms with Crippen LogP contribution in [-0.2, 0) is 20.7 Å². The average Bonchev–Trinajstić information content (AvgIpc) is 3.07. The Bertz CT molecular complexity index is 965. The molecule has 32 heavy (non-hydrogen) atoms. The van der Waals surface area contributed by atoms with E-state index >= 15 is 0 Å². The summed E-state index contributed by atoms with van der Waals surface area (Å²) in [6, 6.07) is 13.7. The molecule has 2 aromatic rings. The molecule has 170 valence electrons. The van der Waals surface area contributed by atoms with Gasteiger partial charge in [0.05, 0.1) is 38.0 Å². The summed E-state index contributed by atoms with van der Waals surface area (Å²) in [5, 5.41) is 20.0. The van der Waals surface area contributed by atoms with Crippen molar-refractivity contribution in [1.29, 1.82) is 0 Å². The molecule has 1 amide bonds. The summed E-state index contributed by atoms with van der Waals surface area (Å²) in [5.41, 5.74) is 2.34. The zero-order chi connectivity index (χ0) is 23.1. The highest BCUT2D eigenvalue weighted by atomic mass is 16.5. The SMILES string of the molecule is CCOc1ccc(C(O)=C2C(=O)C(=O)N(CCOCCO)[C@H]2c2ccc(CC)cc2)cc1. The first-order chi connectivity index (χ1) is 15.5. The largest absolute Gasteiger partial charge is 0.507 e. The maximum Gasteiger partial charge on any atom is 0.295 e. The van der Waals surface area contributed by atoms with Gasteiger partial charge in [0.2, 0.25) is 0 Å². The number of hydrogen-bond donors (Lipinski definition) is 2. The number of carbonyl (C=O) groups is 2. The van der Waals surface area contributed by atoms with Crippen LogP contribution in [0.1, 0.15) is 36.6 Å². The molecule has 7 nitrogen and oxygen atoms in total. The first-order valence-electron chi connectivity index (χ1n) is 10.8. The van der Waals surface area contributed by atoms with Gasteiger partial charge in [-0.25, -0.2) is 0 Å². The number of likely N-dealkylation sites (tertiary alicyclic amines) is 1. The molecular formula is C25H29NO6. The van der Waals surface area contributed by atoms with Crippen molar-refractivity contribution < 1.29 is 29.3 Å². The lowest BCUT2D eigenvalue weighted by molar-refractivity contribution is -0.140. The molecule has 1 fully saturated rings. The van der Waals surface area contributed by atoms with Gasteiger partial charge in [0, 0.05) is 12.1 Å². The molecule has 0 aromatic heterocycles. The minimum Gasteiger partial charge on any atom is -0.507 e. The molecule has 7 heteroatoms. The van der Waals surface area contributed by atoms with Gasteiger partial charge in [-0.05, 0) is 48.7 Å². The average molecular weight is 440 g/mol. The van der Waals surface area contributed by atoms with Crippen LogP contribution >= 0.6 is 0 Å². The van der Waals surface area contributed by atoms with Gasteiger partial charge < -0.3 is 24.6 Å². The highest BCUT2D eigenvalue weighted by Gasteiger charge is 2.45. The third-order valence-electron chi connectivity index (χ3n) is 5.39. The molecule has 0 saturated carbocycles. The van der Waals surface area contributed by atoms with E-state index in [1.807, 2.05) is 38.1 Å². The van der Waals surface area contributed by atoms with E-state index in [4.69, 9.17) is 14.6 Å². The summed E-state index contributed by atoms with van der Waals surface area (Å²) in [7, 11) is 0. The molecule has 2 N–H and O–H groups in total. The van der Waals surface area contributed by atoms with Crippen molar-refractivity contribution in [3.05, 3.63) is 70.8 Å². The summed E-state index contributed by atoms with van der Waals surface area (Å²) in [4.78, 5) is 27.3. The predicted molar refractivity (Wildman–Crippen MR) is 120 cm³/mol. The van der Waals surface area contributed by atoms with Crippen LogP contribution in [0.15, 0.2) is 54.1 Å². The van der Waals surface area contributed by atoms with Crippen molar-refractivity contribution in [2.24, 2.45) is 0 Å². The van der Waals surface area contributed by atoms with Crippen LogP contribution in [0, 0.1) is 0 Å². The second-order valence-electron chi connectivity index (χ2n) is 7.38. The quantitative estimate of drug-likeness (QED) is 0.256. The van der Waals surface area contributed by atoms with E-state index in [0.717, 1.165) is 17.5 Å². The molecule has 2 aromatic carbocycles. The minimum atomic E-state index is -0.733. The van der Waals surface area contributed by atoms with E-state index in [2.05, 4.69) is 0 Å². The Morgan fingerprint density at radius 1 is 1.00 bits per heavy atom. The third kappa shape index (κ3) is 5.00. The zero-order valence-corrected chi connectivity index (χ0v) is 18.4. The fourth-order valence-electron chi connectivity index (χ4n) is 3.75. The van der Waals surface area contributed by atoms with Crippen LogP contribution in [0.4, 0.5) is 0 Å². The molecule has 0 aliphatic carbocycles. The minimum absolute atomic E-state index is 0.0468. The van der Waals surface area contributed by atoms with Crippen LogP contribution in [0.5, 0.6) is 5.75 Å². The first kappa shape index (κ1) is 23.5. The lowest BCUT2D eigenvalue weighted by Crippen LogP contribution is -2.33. The van der Waals surface area contributed by atoms with E-state index < -0.39 is 17.7 Å². The number of aliphatic hydroxyl groups excluding tert-OH is 2. The van der Waals surface area contributed by atoms with Crippen molar-refractivity contribution in [2.75, 3.05) is 33.0 Å². The zero-order valence-electron chi connectivity index (χ0n) is 18.4. The van der Waals surface area contributed by atoms with Gasteiger partial charge in [-0.1, -0.05) is 31.2 Å². The number of amides is 1. The number of Topliss-reactive ketones (excluding diaryl/α,β-unsaturated/α-hetero) is 1. The van der Waals surface area contributed by atoms with Gasteiger partial charge in [0.25, 0.3) is 11.7 Å². The molecule has 1 saturated heterocycles. The number of ether oxygens (including phenoxy) is 2. The summed E-state index contributed by atoms with van der Waals surface area (Å²) < 4.78 is 10.8. The van der Waals surface area contributed by atoms with E-state index in [0.29, 0.717) is 17.9 Å². The Morgan fingerprint density at radius 2 is 1.69 bits per heavy atom. The van der Waals surface area contributed by atoms with Gasteiger partial charge in [0.1, 0.15) is 11.5 Å². The number of carbonyl (C=O) groups excluding carboxylic acids is 2. The number of aryl methyl sites for hydroxylation is 1. The standard InChI is InChI=1S/C25H29NO6/c1-3-17-5-7-18(8-6-17)22-21(23(28)19-9-11-20(12-10-19)32-4-2)24(29)25(30)26(22)13-15-31-16-14-27/h5-12,22,27-28H,3-4,13-16H2,1-2H3/t22-/m0/s1. The van der Waals surface area contributed by atoms with Crippen molar-refractivity contribution in [3.63, 3.8) is 0 Å². The fraction of sp³-hybridized carbons (Fsp3) is 0.360. The lowest BCUT2D eigenvalue weighted by atomic mass is 9.94.